The van der Waals surface area contributed by atoms with Crippen molar-refractivity contribution in [2.24, 2.45) is 0 Å². The largest absolute Gasteiger partial charge is 0.352 e. The standard InChI is InChI=1S/C35H39N3O4S/c1-26(2)36-35(40)33(23-29-14-8-5-9-15-29)37(24-30-16-10-6-11-17-30)34(39)25-38(32-22-27(3)20-21-28(32)4)43(41,42)31-18-12-7-13-19-31/h5-22,26,33H,23-25H2,1-4H3,(H,36,40). The van der Waals surface area contributed by atoms with Crippen molar-refractivity contribution in [3.8, 4) is 0 Å². The van der Waals surface area contributed by atoms with Crippen molar-refractivity contribution < 1.29 is 18.0 Å². The minimum Gasteiger partial charge on any atom is -0.352 e. The van der Waals surface area contributed by atoms with Gasteiger partial charge in [-0.2, -0.15) is 0 Å². The maximum Gasteiger partial charge on any atom is 0.264 e. The number of rotatable bonds is 12. The van der Waals surface area contributed by atoms with Gasteiger partial charge in [0.1, 0.15) is 12.6 Å². The first kappa shape index (κ1) is 31.5. The zero-order chi connectivity index (χ0) is 31.0. The number of carbonyl (C=O) groups excluding carboxylic acids is 2. The van der Waals surface area contributed by atoms with E-state index in [1.165, 1.54) is 21.3 Å². The van der Waals surface area contributed by atoms with E-state index in [1.807, 2.05) is 100 Å². The molecule has 0 bridgehead atoms. The third-order valence-corrected chi connectivity index (χ3v) is 8.92. The minimum absolute atomic E-state index is 0.0803. The Bertz CT molecular complexity index is 1630. The number of nitrogens with one attached hydrogen (secondary N) is 1. The Morgan fingerprint density at radius 2 is 1.33 bits per heavy atom. The van der Waals surface area contributed by atoms with Crippen LogP contribution in [0.25, 0.3) is 0 Å². The van der Waals surface area contributed by atoms with E-state index >= 15 is 0 Å². The van der Waals surface area contributed by atoms with Crippen molar-refractivity contribution in [3.05, 3.63) is 131 Å². The van der Waals surface area contributed by atoms with Crippen LogP contribution in [0, 0.1) is 13.8 Å². The molecule has 0 fully saturated rings. The molecule has 0 aliphatic carbocycles. The molecule has 1 unspecified atom stereocenters. The van der Waals surface area contributed by atoms with Crippen molar-refractivity contribution in [3.63, 3.8) is 0 Å². The molecule has 0 saturated carbocycles. The lowest BCUT2D eigenvalue weighted by molar-refractivity contribution is -0.140. The Hall–Kier alpha value is -4.43. The maximum absolute atomic E-state index is 14.5. The molecule has 1 N–H and O–H groups in total. The van der Waals surface area contributed by atoms with Gasteiger partial charge in [-0.1, -0.05) is 91.0 Å². The topological polar surface area (TPSA) is 86.8 Å². The number of anilines is 1. The molecule has 1 atom stereocenters. The lowest BCUT2D eigenvalue weighted by Crippen LogP contribution is -2.54. The summed E-state index contributed by atoms with van der Waals surface area (Å²) in [4.78, 5) is 29.8. The van der Waals surface area contributed by atoms with E-state index in [4.69, 9.17) is 0 Å². The Kier molecular flexibility index (Phi) is 10.4. The van der Waals surface area contributed by atoms with Crippen LogP contribution in [-0.4, -0.2) is 43.8 Å². The van der Waals surface area contributed by atoms with Gasteiger partial charge in [-0.3, -0.25) is 13.9 Å². The van der Waals surface area contributed by atoms with Gasteiger partial charge >= 0.3 is 0 Å². The highest BCUT2D eigenvalue weighted by Crippen LogP contribution is 2.28. The highest BCUT2D eigenvalue weighted by Gasteiger charge is 2.35. The van der Waals surface area contributed by atoms with Gasteiger partial charge in [-0.25, -0.2) is 8.42 Å². The number of aryl methyl sites for hydroxylation is 2. The zero-order valence-electron chi connectivity index (χ0n) is 25.1. The van der Waals surface area contributed by atoms with Gasteiger partial charge in [0.25, 0.3) is 10.0 Å². The summed E-state index contributed by atoms with van der Waals surface area (Å²) in [6.07, 6.45) is 0.271. The third kappa shape index (κ3) is 8.11. The Labute approximate surface area is 255 Å². The molecule has 0 spiro atoms. The molecule has 2 amide bonds. The van der Waals surface area contributed by atoms with Gasteiger partial charge in [-0.05, 0) is 68.1 Å². The van der Waals surface area contributed by atoms with E-state index in [-0.39, 0.29) is 29.8 Å². The summed E-state index contributed by atoms with van der Waals surface area (Å²) in [7, 11) is -4.13. The van der Waals surface area contributed by atoms with Crippen molar-refractivity contribution in [1.82, 2.24) is 10.2 Å². The molecular formula is C35H39N3O4S. The molecular weight excluding hydrogens is 558 g/mol. The molecule has 0 radical (unpaired) electrons. The molecule has 224 valence electrons. The highest BCUT2D eigenvalue weighted by molar-refractivity contribution is 7.92. The van der Waals surface area contributed by atoms with Crippen LogP contribution in [0.1, 0.15) is 36.1 Å². The van der Waals surface area contributed by atoms with Crippen molar-refractivity contribution in [2.45, 2.75) is 57.6 Å². The summed E-state index contributed by atoms with van der Waals surface area (Å²) in [6, 6.07) is 31.5. The molecule has 8 heteroatoms. The predicted molar refractivity (Wildman–Crippen MR) is 171 cm³/mol. The van der Waals surface area contributed by atoms with Crippen molar-refractivity contribution in [1.29, 1.82) is 0 Å². The SMILES string of the molecule is Cc1ccc(C)c(N(CC(=O)N(Cc2ccccc2)C(Cc2ccccc2)C(=O)NC(C)C)S(=O)(=O)c2ccccc2)c1. The summed E-state index contributed by atoms with van der Waals surface area (Å²) >= 11 is 0. The summed E-state index contributed by atoms with van der Waals surface area (Å²) in [5, 5.41) is 2.98. The van der Waals surface area contributed by atoms with E-state index < -0.39 is 28.5 Å². The first-order chi connectivity index (χ1) is 20.6. The molecule has 4 rings (SSSR count). The summed E-state index contributed by atoms with van der Waals surface area (Å²) in [6.45, 7) is 7.10. The van der Waals surface area contributed by atoms with Crippen molar-refractivity contribution in [2.75, 3.05) is 10.8 Å². The number of nitrogens with zero attached hydrogens (tertiary/aromatic N) is 2. The van der Waals surface area contributed by atoms with Crippen LogP contribution in [0.4, 0.5) is 5.69 Å². The fourth-order valence-corrected chi connectivity index (χ4v) is 6.43. The number of hydrogen-bond donors (Lipinski definition) is 1. The van der Waals surface area contributed by atoms with Crippen LogP contribution in [0.2, 0.25) is 0 Å². The van der Waals surface area contributed by atoms with Crippen LogP contribution < -0.4 is 9.62 Å². The Morgan fingerprint density at radius 1 is 0.767 bits per heavy atom. The van der Waals surface area contributed by atoms with E-state index in [1.54, 1.807) is 24.3 Å². The van der Waals surface area contributed by atoms with Crippen LogP contribution >= 0.6 is 0 Å². The number of carbonyl (C=O) groups is 2. The molecule has 0 saturated heterocycles. The summed E-state index contributed by atoms with van der Waals surface area (Å²) in [5.74, 6) is -0.781. The quantitative estimate of drug-likeness (QED) is 0.228. The Balaban J connectivity index is 1.81. The minimum atomic E-state index is -4.13. The zero-order valence-corrected chi connectivity index (χ0v) is 25.9. The molecule has 7 nitrogen and oxygen atoms in total. The molecule has 0 heterocycles. The van der Waals surface area contributed by atoms with Gasteiger partial charge in [0, 0.05) is 19.0 Å². The number of benzene rings is 4. The summed E-state index contributed by atoms with van der Waals surface area (Å²) in [5.41, 5.74) is 3.71. The van der Waals surface area contributed by atoms with E-state index in [0.717, 1.165) is 16.7 Å². The smallest absolute Gasteiger partial charge is 0.264 e. The van der Waals surface area contributed by atoms with E-state index in [2.05, 4.69) is 5.32 Å². The van der Waals surface area contributed by atoms with Crippen molar-refractivity contribution >= 4 is 27.5 Å². The fourth-order valence-electron chi connectivity index (χ4n) is 4.94. The molecule has 4 aromatic rings. The second-order valence-corrected chi connectivity index (χ2v) is 12.9. The normalized spacial score (nSPS) is 12.0. The predicted octanol–water partition coefficient (Wildman–Crippen LogP) is 5.66. The van der Waals surface area contributed by atoms with E-state index in [0.29, 0.717) is 11.3 Å². The van der Waals surface area contributed by atoms with Gasteiger partial charge in [0.15, 0.2) is 0 Å². The van der Waals surface area contributed by atoms with Crippen LogP contribution in [-0.2, 0) is 32.6 Å². The monoisotopic (exact) mass is 597 g/mol. The molecule has 0 aliphatic heterocycles. The molecule has 4 aromatic carbocycles. The van der Waals surface area contributed by atoms with Crippen LogP contribution in [0.3, 0.4) is 0 Å². The van der Waals surface area contributed by atoms with Gasteiger partial charge in [-0.15, -0.1) is 0 Å². The van der Waals surface area contributed by atoms with Crippen LogP contribution in [0.15, 0.2) is 114 Å². The average Bonchev–Trinajstić information content (AvgIpc) is 3.00. The fraction of sp³-hybridized carbons (Fsp3) is 0.257. The summed E-state index contributed by atoms with van der Waals surface area (Å²) < 4.78 is 29.4. The first-order valence-electron chi connectivity index (χ1n) is 14.4. The first-order valence-corrected chi connectivity index (χ1v) is 15.8. The van der Waals surface area contributed by atoms with Gasteiger partial charge < -0.3 is 10.2 Å². The van der Waals surface area contributed by atoms with Gasteiger partial charge in [0.05, 0.1) is 10.6 Å². The molecule has 43 heavy (non-hydrogen) atoms. The second kappa shape index (κ2) is 14.2. The Morgan fingerprint density at radius 3 is 1.91 bits per heavy atom. The lowest BCUT2D eigenvalue weighted by Gasteiger charge is -2.34. The number of amides is 2. The van der Waals surface area contributed by atoms with Gasteiger partial charge in [0.2, 0.25) is 11.8 Å². The molecule has 0 aromatic heterocycles. The molecule has 0 aliphatic rings. The lowest BCUT2D eigenvalue weighted by atomic mass is 10.0. The van der Waals surface area contributed by atoms with Crippen LogP contribution in [0.5, 0.6) is 0 Å². The number of hydrogen-bond acceptors (Lipinski definition) is 4. The average molecular weight is 598 g/mol. The second-order valence-electron chi connectivity index (χ2n) is 11.0. The number of sulfonamides is 1. The third-order valence-electron chi connectivity index (χ3n) is 7.14. The highest BCUT2D eigenvalue weighted by atomic mass is 32.2. The maximum atomic E-state index is 14.5. The van der Waals surface area contributed by atoms with E-state index in [9.17, 15) is 18.0 Å².